The van der Waals surface area contributed by atoms with E-state index in [1.165, 1.54) is 11.8 Å². The normalized spacial score (nSPS) is 18.0. The minimum atomic E-state index is -0.856. The van der Waals surface area contributed by atoms with Crippen LogP contribution in [0, 0.1) is 0 Å². The Labute approximate surface area is 203 Å². The van der Waals surface area contributed by atoms with Gasteiger partial charge in [0.15, 0.2) is 6.10 Å². The van der Waals surface area contributed by atoms with Crippen LogP contribution in [-0.4, -0.2) is 66.7 Å². The van der Waals surface area contributed by atoms with Gasteiger partial charge < -0.3 is 25.0 Å². The second-order valence-corrected chi connectivity index (χ2v) is 8.56. The smallest absolute Gasteiger partial charge is 0.415 e. The van der Waals surface area contributed by atoms with E-state index in [1.807, 2.05) is 24.3 Å². The molecule has 2 heterocycles. The highest BCUT2D eigenvalue weighted by Crippen LogP contribution is 2.25. The van der Waals surface area contributed by atoms with E-state index >= 15 is 0 Å². The van der Waals surface area contributed by atoms with Crippen molar-refractivity contribution in [2.75, 3.05) is 42.5 Å². The molecular weight excluding hydrogens is 456 g/mol. The van der Waals surface area contributed by atoms with Gasteiger partial charge in [0, 0.05) is 55.6 Å². The second kappa shape index (κ2) is 10.1. The number of carbonyl (C=O) groups is 3. The zero-order chi connectivity index (χ0) is 24.2. The SMILES string of the molecule is CC(=O)OCc1ccccc1N1CCN(C(=O)C2CN(c3ccc(C(N)=S)cc3)C(=O)O2)CC1. The fraction of sp³-hybridized carbons (Fsp3) is 0.333. The predicted octanol–water partition coefficient (Wildman–Crippen LogP) is 2.06. The van der Waals surface area contributed by atoms with Gasteiger partial charge in [-0.1, -0.05) is 30.4 Å². The van der Waals surface area contributed by atoms with Crippen molar-refractivity contribution in [2.24, 2.45) is 5.73 Å². The summed E-state index contributed by atoms with van der Waals surface area (Å²) in [5.74, 6) is -0.535. The van der Waals surface area contributed by atoms with Crippen LogP contribution in [-0.2, 0) is 25.7 Å². The number of cyclic esters (lactones) is 1. The van der Waals surface area contributed by atoms with E-state index in [2.05, 4.69) is 4.90 Å². The summed E-state index contributed by atoms with van der Waals surface area (Å²) in [7, 11) is 0. The number of hydrogen-bond donors (Lipinski definition) is 1. The number of hydrogen-bond acceptors (Lipinski definition) is 7. The quantitative estimate of drug-likeness (QED) is 0.493. The minimum Gasteiger partial charge on any atom is -0.461 e. The first kappa shape index (κ1) is 23.5. The molecule has 0 aliphatic carbocycles. The van der Waals surface area contributed by atoms with Crippen molar-refractivity contribution < 1.29 is 23.9 Å². The zero-order valence-electron chi connectivity index (χ0n) is 18.8. The molecule has 2 saturated heterocycles. The molecule has 0 radical (unpaired) electrons. The maximum absolute atomic E-state index is 13.1. The summed E-state index contributed by atoms with van der Waals surface area (Å²) in [6.07, 6.45) is -1.41. The third-order valence-corrected chi connectivity index (χ3v) is 6.14. The molecule has 0 saturated carbocycles. The number of ether oxygens (including phenoxy) is 2. The molecule has 9 nitrogen and oxygen atoms in total. The van der Waals surface area contributed by atoms with E-state index in [9.17, 15) is 14.4 Å². The standard InChI is InChI=1S/C24H26N4O5S/c1-16(29)32-15-18-4-2-3-5-20(18)26-10-12-27(13-11-26)23(30)21-14-28(24(31)33-21)19-8-6-17(7-9-19)22(25)34/h2-9,21H,10-15H2,1H3,(H2,25,34). The highest BCUT2D eigenvalue weighted by atomic mass is 32.1. The monoisotopic (exact) mass is 482 g/mol. The first-order chi connectivity index (χ1) is 16.3. The van der Waals surface area contributed by atoms with Crippen LogP contribution in [0.4, 0.5) is 16.2 Å². The number of benzene rings is 2. The summed E-state index contributed by atoms with van der Waals surface area (Å²) >= 11 is 4.96. The van der Waals surface area contributed by atoms with Gasteiger partial charge in [0.1, 0.15) is 11.6 Å². The lowest BCUT2D eigenvalue weighted by molar-refractivity contribution is -0.142. The largest absolute Gasteiger partial charge is 0.461 e. The van der Waals surface area contributed by atoms with Gasteiger partial charge in [-0.3, -0.25) is 14.5 Å². The molecule has 2 aromatic carbocycles. The molecular formula is C24H26N4O5S. The van der Waals surface area contributed by atoms with Crippen molar-refractivity contribution in [1.29, 1.82) is 0 Å². The van der Waals surface area contributed by atoms with Crippen LogP contribution in [0.25, 0.3) is 0 Å². The highest BCUT2D eigenvalue weighted by Gasteiger charge is 2.39. The average molecular weight is 483 g/mol. The van der Waals surface area contributed by atoms with Crippen LogP contribution >= 0.6 is 12.2 Å². The highest BCUT2D eigenvalue weighted by molar-refractivity contribution is 7.80. The Morgan fingerprint density at radius 2 is 1.76 bits per heavy atom. The van der Waals surface area contributed by atoms with E-state index in [0.717, 1.165) is 11.3 Å². The molecule has 0 aromatic heterocycles. The number of anilines is 2. The van der Waals surface area contributed by atoms with Crippen LogP contribution in [0.5, 0.6) is 0 Å². The Bertz CT molecular complexity index is 1100. The molecule has 2 aliphatic heterocycles. The molecule has 2 N–H and O–H groups in total. The van der Waals surface area contributed by atoms with Gasteiger partial charge in [-0.05, 0) is 30.3 Å². The van der Waals surface area contributed by atoms with E-state index in [1.54, 1.807) is 29.2 Å². The van der Waals surface area contributed by atoms with Crippen LogP contribution in [0.3, 0.4) is 0 Å². The van der Waals surface area contributed by atoms with E-state index in [-0.39, 0.29) is 30.0 Å². The molecule has 178 valence electrons. The molecule has 4 rings (SSSR count). The van der Waals surface area contributed by atoms with Crippen LogP contribution in [0.15, 0.2) is 48.5 Å². The molecule has 34 heavy (non-hydrogen) atoms. The van der Waals surface area contributed by atoms with Crippen molar-refractivity contribution in [1.82, 2.24) is 4.90 Å². The fourth-order valence-corrected chi connectivity index (χ4v) is 4.24. The minimum absolute atomic E-state index is 0.148. The number of piperazine rings is 1. The number of para-hydroxylation sites is 1. The number of thiocarbonyl (C=S) groups is 1. The predicted molar refractivity (Wildman–Crippen MR) is 131 cm³/mol. The zero-order valence-corrected chi connectivity index (χ0v) is 19.6. The van der Waals surface area contributed by atoms with Crippen LogP contribution in [0.2, 0.25) is 0 Å². The number of esters is 1. The Morgan fingerprint density at radius 1 is 1.09 bits per heavy atom. The lowest BCUT2D eigenvalue weighted by atomic mass is 10.1. The lowest BCUT2D eigenvalue weighted by Crippen LogP contribution is -2.52. The van der Waals surface area contributed by atoms with Gasteiger partial charge in [-0.25, -0.2) is 4.79 Å². The van der Waals surface area contributed by atoms with Crippen molar-refractivity contribution in [3.63, 3.8) is 0 Å². The molecule has 1 unspecified atom stereocenters. The number of amides is 2. The molecule has 2 aromatic rings. The van der Waals surface area contributed by atoms with Gasteiger partial charge in [0.25, 0.3) is 5.91 Å². The lowest BCUT2D eigenvalue weighted by Gasteiger charge is -2.37. The number of carbonyl (C=O) groups excluding carboxylic acids is 3. The first-order valence-corrected chi connectivity index (χ1v) is 11.4. The molecule has 2 aliphatic rings. The van der Waals surface area contributed by atoms with Crippen molar-refractivity contribution in [3.05, 3.63) is 59.7 Å². The summed E-state index contributed by atoms with van der Waals surface area (Å²) in [6.45, 7) is 3.97. The number of nitrogens with zero attached hydrogens (tertiary/aromatic N) is 3. The van der Waals surface area contributed by atoms with Crippen LogP contribution in [0.1, 0.15) is 18.1 Å². The van der Waals surface area contributed by atoms with Crippen molar-refractivity contribution in [2.45, 2.75) is 19.6 Å². The van der Waals surface area contributed by atoms with Gasteiger partial charge in [-0.2, -0.15) is 0 Å². The van der Waals surface area contributed by atoms with Crippen molar-refractivity contribution in [3.8, 4) is 0 Å². The Kier molecular flexibility index (Phi) is 6.97. The van der Waals surface area contributed by atoms with Gasteiger partial charge in [0.05, 0.1) is 6.54 Å². The molecule has 1 atom stereocenters. The van der Waals surface area contributed by atoms with Gasteiger partial charge >= 0.3 is 12.1 Å². The third-order valence-electron chi connectivity index (χ3n) is 5.91. The van der Waals surface area contributed by atoms with Gasteiger partial charge in [-0.15, -0.1) is 0 Å². The molecule has 2 fully saturated rings. The summed E-state index contributed by atoms with van der Waals surface area (Å²) in [4.78, 5) is 42.3. The number of rotatable bonds is 6. The topological polar surface area (TPSA) is 105 Å². The molecule has 0 bridgehead atoms. The fourth-order valence-electron chi connectivity index (χ4n) is 4.10. The summed E-state index contributed by atoms with van der Waals surface area (Å²) in [5, 5.41) is 0. The van der Waals surface area contributed by atoms with Crippen molar-refractivity contribution >= 4 is 46.6 Å². The Balaban J connectivity index is 1.36. The third kappa shape index (κ3) is 5.12. The Hall–Kier alpha value is -3.66. The maximum atomic E-state index is 13.1. The van der Waals surface area contributed by atoms with E-state index < -0.39 is 12.2 Å². The Morgan fingerprint density at radius 3 is 2.41 bits per heavy atom. The van der Waals surface area contributed by atoms with E-state index in [0.29, 0.717) is 37.4 Å². The maximum Gasteiger partial charge on any atom is 0.415 e. The average Bonchev–Trinajstić information content (AvgIpc) is 3.24. The molecule has 2 amide bonds. The van der Waals surface area contributed by atoms with Crippen LogP contribution < -0.4 is 15.5 Å². The summed E-state index contributed by atoms with van der Waals surface area (Å²) in [5.41, 5.74) is 8.84. The van der Waals surface area contributed by atoms with Gasteiger partial charge in [0.2, 0.25) is 0 Å². The van der Waals surface area contributed by atoms with E-state index in [4.69, 9.17) is 27.4 Å². The molecule has 10 heteroatoms. The summed E-state index contributed by atoms with van der Waals surface area (Å²) < 4.78 is 10.6. The molecule has 0 spiro atoms. The first-order valence-electron chi connectivity index (χ1n) is 11.0. The second-order valence-electron chi connectivity index (χ2n) is 8.12. The number of nitrogens with two attached hydrogens (primary N) is 1. The summed E-state index contributed by atoms with van der Waals surface area (Å²) in [6, 6.07) is 14.7.